The smallest absolute Gasteiger partial charge is 0.265 e. The molecule has 0 saturated carbocycles. The number of hydrogen-bond donors (Lipinski definition) is 0. The summed E-state index contributed by atoms with van der Waals surface area (Å²) in [6.07, 6.45) is 1.01. The summed E-state index contributed by atoms with van der Waals surface area (Å²) in [5.74, 6) is -0.0908. The molecule has 1 heterocycles. The number of benzene rings is 3. The molecule has 0 saturated heterocycles. The Labute approximate surface area is 193 Å². The number of nitrogens with zero attached hydrogens (tertiary/aromatic N) is 2. The molecular weight excluding hydrogens is 419 g/mol. The Kier molecular flexibility index (Phi) is 6.73. The lowest BCUT2D eigenvalue weighted by atomic mass is 9.89. The zero-order chi connectivity index (χ0) is 23.4. The molecule has 0 aromatic heterocycles. The van der Waals surface area contributed by atoms with Gasteiger partial charge < -0.3 is 14.5 Å². The van der Waals surface area contributed by atoms with Crippen molar-refractivity contribution in [3.63, 3.8) is 0 Å². The fourth-order valence-electron chi connectivity index (χ4n) is 4.41. The van der Waals surface area contributed by atoms with E-state index in [2.05, 4.69) is 0 Å². The standard InChI is InChI=1S/C27H27FN2O3/c1-3-26(31)29-19(2)17-25(23-11-7-8-12-24(23)29)30(21-9-5-4-6-10-21)27(32)18-33-22-15-13-20(28)14-16-22/h4-16,19,25H,3,17-18H2,1-2H3/t19-,25-/m1/s1. The molecule has 5 nitrogen and oxygen atoms in total. The predicted octanol–water partition coefficient (Wildman–Crippen LogP) is 5.51. The fraction of sp³-hybridized carbons (Fsp3) is 0.259. The molecule has 0 radical (unpaired) electrons. The van der Waals surface area contributed by atoms with E-state index in [4.69, 9.17) is 4.74 Å². The topological polar surface area (TPSA) is 49.9 Å². The molecular formula is C27H27FN2O3. The quantitative estimate of drug-likeness (QED) is 0.501. The maximum Gasteiger partial charge on any atom is 0.265 e. The first-order valence-corrected chi connectivity index (χ1v) is 11.2. The van der Waals surface area contributed by atoms with Gasteiger partial charge in [0.15, 0.2) is 6.61 Å². The molecule has 0 bridgehead atoms. The van der Waals surface area contributed by atoms with Gasteiger partial charge >= 0.3 is 0 Å². The lowest BCUT2D eigenvalue weighted by Gasteiger charge is -2.43. The summed E-state index contributed by atoms with van der Waals surface area (Å²) in [6, 6.07) is 22.5. The van der Waals surface area contributed by atoms with E-state index in [1.807, 2.05) is 73.3 Å². The second-order valence-electron chi connectivity index (χ2n) is 8.12. The summed E-state index contributed by atoms with van der Waals surface area (Å²) in [4.78, 5) is 29.8. The van der Waals surface area contributed by atoms with Crippen LogP contribution in [0.3, 0.4) is 0 Å². The Balaban J connectivity index is 1.69. The number of halogens is 1. The normalized spacial score (nSPS) is 17.2. The van der Waals surface area contributed by atoms with Gasteiger partial charge in [0.25, 0.3) is 5.91 Å². The van der Waals surface area contributed by atoms with Gasteiger partial charge in [-0.3, -0.25) is 9.59 Å². The third kappa shape index (κ3) is 4.75. The number of anilines is 2. The van der Waals surface area contributed by atoms with Crippen LogP contribution in [0.25, 0.3) is 0 Å². The van der Waals surface area contributed by atoms with Crippen molar-refractivity contribution in [1.82, 2.24) is 0 Å². The molecule has 33 heavy (non-hydrogen) atoms. The summed E-state index contributed by atoms with van der Waals surface area (Å²) in [6.45, 7) is 3.68. The molecule has 2 atom stereocenters. The van der Waals surface area contributed by atoms with Gasteiger partial charge in [0.05, 0.1) is 6.04 Å². The molecule has 0 fully saturated rings. The number of rotatable bonds is 6. The molecule has 0 spiro atoms. The molecule has 1 aliphatic heterocycles. The number of hydrogen-bond acceptors (Lipinski definition) is 3. The van der Waals surface area contributed by atoms with Crippen molar-refractivity contribution in [2.45, 2.75) is 38.8 Å². The van der Waals surface area contributed by atoms with Gasteiger partial charge in [-0.2, -0.15) is 0 Å². The van der Waals surface area contributed by atoms with E-state index in [-0.39, 0.29) is 36.3 Å². The Morgan fingerprint density at radius 3 is 2.36 bits per heavy atom. The predicted molar refractivity (Wildman–Crippen MR) is 127 cm³/mol. The molecule has 0 unspecified atom stereocenters. The molecule has 0 aliphatic carbocycles. The average molecular weight is 447 g/mol. The minimum atomic E-state index is -0.362. The number of ether oxygens (including phenoxy) is 1. The summed E-state index contributed by atoms with van der Waals surface area (Å²) in [7, 11) is 0. The minimum Gasteiger partial charge on any atom is -0.484 e. The molecule has 0 N–H and O–H groups in total. The Bertz CT molecular complexity index is 1120. The maximum atomic E-state index is 13.5. The highest BCUT2D eigenvalue weighted by Crippen LogP contribution is 2.42. The van der Waals surface area contributed by atoms with Gasteiger partial charge in [-0.1, -0.05) is 43.3 Å². The van der Waals surface area contributed by atoms with E-state index >= 15 is 0 Å². The second-order valence-corrected chi connectivity index (χ2v) is 8.12. The van der Waals surface area contributed by atoms with Gasteiger partial charge in [0.2, 0.25) is 5.91 Å². The van der Waals surface area contributed by atoms with Crippen molar-refractivity contribution in [3.8, 4) is 5.75 Å². The van der Waals surface area contributed by atoms with Crippen LogP contribution in [0.1, 0.15) is 38.3 Å². The lowest BCUT2D eigenvalue weighted by molar-refractivity contribution is -0.121. The molecule has 2 amide bonds. The third-order valence-electron chi connectivity index (χ3n) is 5.92. The number of carbonyl (C=O) groups is 2. The van der Waals surface area contributed by atoms with Crippen LogP contribution in [-0.2, 0) is 9.59 Å². The van der Waals surface area contributed by atoms with Crippen LogP contribution in [0.4, 0.5) is 15.8 Å². The van der Waals surface area contributed by atoms with Crippen molar-refractivity contribution >= 4 is 23.2 Å². The summed E-state index contributed by atoms with van der Waals surface area (Å²) in [5, 5.41) is 0. The highest BCUT2D eigenvalue weighted by atomic mass is 19.1. The molecule has 4 rings (SSSR count). The SMILES string of the molecule is CCC(=O)N1c2ccccc2[C@H](N(C(=O)COc2ccc(F)cc2)c2ccccc2)C[C@H]1C. The van der Waals surface area contributed by atoms with Crippen LogP contribution in [0.2, 0.25) is 0 Å². The van der Waals surface area contributed by atoms with E-state index in [9.17, 15) is 14.0 Å². The zero-order valence-corrected chi connectivity index (χ0v) is 18.8. The first-order chi connectivity index (χ1) is 16.0. The molecule has 3 aromatic carbocycles. The van der Waals surface area contributed by atoms with Crippen molar-refractivity contribution < 1.29 is 18.7 Å². The van der Waals surface area contributed by atoms with E-state index in [1.165, 1.54) is 24.3 Å². The van der Waals surface area contributed by atoms with Crippen molar-refractivity contribution in [2.24, 2.45) is 0 Å². The highest BCUT2D eigenvalue weighted by molar-refractivity contribution is 5.98. The Hall–Kier alpha value is -3.67. The highest BCUT2D eigenvalue weighted by Gasteiger charge is 2.38. The van der Waals surface area contributed by atoms with E-state index in [0.29, 0.717) is 18.6 Å². The molecule has 3 aromatic rings. The van der Waals surface area contributed by atoms with E-state index in [1.54, 1.807) is 4.90 Å². The summed E-state index contributed by atoms with van der Waals surface area (Å²) >= 11 is 0. The number of para-hydroxylation sites is 2. The summed E-state index contributed by atoms with van der Waals surface area (Å²) in [5.41, 5.74) is 2.52. The Morgan fingerprint density at radius 1 is 1.00 bits per heavy atom. The van der Waals surface area contributed by atoms with Crippen LogP contribution >= 0.6 is 0 Å². The maximum absolute atomic E-state index is 13.5. The van der Waals surface area contributed by atoms with Crippen molar-refractivity contribution in [3.05, 3.63) is 90.2 Å². The van der Waals surface area contributed by atoms with E-state index in [0.717, 1.165) is 16.9 Å². The average Bonchev–Trinajstić information content (AvgIpc) is 2.84. The summed E-state index contributed by atoms with van der Waals surface area (Å²) < 4.78 is 18.9. The van der Waals surface area contributed by atoms with Crippen LogP contribution < -0.4 is 14.5 Å². The van der Waals surface area contributed by atoms with Crippen molar-refractivity contribution in [1.29, 1.82) is 0 Å². The molecule has 170 valence electrons. The van der Waals surface area contributed by atoms with Crippen LogP contribution in [0.15, 0.2) is 78.9 Å². The van der Waals surface area contributed by atoms with E-state index < -0.39 is 0 Å². The first-order valence-electron chi connectivity index (χ1n) is 11.2. The number of fused-ring (bicyclic) bond motifs is 1. The van der Waals surface area contributed by atoms with Crippen LogP contribution in [0, 0.1) is 5.82 Å². The fourth-order valence-corrected chi connectivity index (χ4v) is 4.41. The molecule has 6 heteroatoms. The van der Waals surface area contributed by atoms with Gasteiger partial charge in [-0.25, -0.2) is 4.39 Å². The van der Waals surface area contributed by atoms with Gasteiger partial charge in [0.1, 0.15) is 11.6 Å². The largest absolute Gasteiger partial charge is 0.484 e. The zero-order valence-electron chi connectivity index (χ0n) is 18.8. The van der Waals surface area contributed by atoms with Crippen LogP contribution in [-0.4, -0.2) is 24.5 Å². The minimum absolute atomic E-state index is 0.0608. The Morgan fingerprint density at radius 2 is 1.67 bits per heavy atom. The van der Waals surface area contributed by atoms with Crippen molar-refractivity contribution in [2.75, 3.05) is 16.4 Å². The van der Waals surface area contributed by atoms with Gasteiger partial charge in [-0.15, -0.1) is 0 Å². The van der Waals surface area contributed by atoms with Crippen LogP contribution in [0.5, 0.6) is 5.75 Å². The van der Waals surface area contributed by atoms with Gasteiger partial charge in [-0.05, 0) is 61.4 Å². The third-order valence-corrected chi connectivity index (χ3v) is 5.92. The molecule has 1 aliphatic rings. The first kappa shape index (κ1) is 22.5. The second kappa shape index (κ2) is 9.86. The monoisotopic (exact) mass is 446 g/mol. The number of amides is 2. The number of carbonyl (C=O) groups excluding carboxylic acids is 2. The lowest BCUT2D eigenvalue weighted by Crippen LogP contribution is -2.48. The van der Waals surface area contributed by atoms with Gasteiger partial charge in [0, 0.05) is 23.8 Å².